The van der Waals surface area contributed by atoms with Crippen molar-refractivity contribution in [3.63, 3.8) is 0 Å². The van der Waals surface area contributed by atoms with Crippen LogP contribution in [0.25, 0.3) is 0 Å². The Balaban J connectivity index is 2.27. The minimum absolute atomic E-state index is 0.174. The zero-order valence-electron chi connectivity index (χ0n) is 14.0. The lowest BCUT2D eigenvalue weighted by Crippen LogP contribution is -2.29. The third kappa shape index (κ3) is 3.84. The lowest BCUT2D eigenvalue weighted by atomic mass is 10.0. The maximum absolute atomic E-state index is 10.5. The van der Waals surface area contributed by atoms with E-state index in [2.05, 4.69) is 0 Å². The zero-order chi connectivity index (χ0) is 17.1. The van der Waals surface area contributed by atoms with E-state index >= 15 is 0 Å². The number of rotatable bonds is 5. The maximum Gasteiger partial charge on any atom is 0.152 e. The van der Waals surface area contributed by atoms with Crippen molar-refractivity contribution in [2.24, 2.45) is 0 Å². The number of aromatic hydroxyl groups is 1. The fourth-order valence-corrected chi connectivity index (χ4v) is 2.78. The summed E-state index contributed by atoms with van der Waals surface area (Å²) in [6.45, 7) is 7.35. The highest BCUT2D eigenvalue weighted by Crippen LogP contribution is 2.30. The molecule has 4 nitrogen and oxygen atoms in total. The molecular formula is C19H24O4. The van der Waals surface area contributed by atoms with Gasteiger partial charge in [-0.25, -0.2) is 0 Å². The van der Waals surface area contributed by atoms with Gasteiger partial charge in [0.1, 0.15) is 17.6 Å². The van der Waals surface area contributed by atoms with E-state index in [-0.39, 0.29) is 12.4 Å². The van der Waals surface area contributed by atoms with Crippen molar-refractivity contribution < 1.29 is 20.1 Å². The topological polar surface area (TPSA) is 69.9 Å². The molecule has 0 saturated carbocycles. The number of aryl methyl sites for hydroxylation is 4. The lowest BCUT2D eigenvalue weighted by molar-refractivity contribution is 0.0000586. The summed E-state index contributed by atoms with van der Waals surface area (Å²) in [5.41, 5.74) is 4.34. The predicted octanol–water partition coefficient (Wildman–Crippen LogP) is 3.10. The van der Waals surface area contributed by atoms with Gasteiger partial charge in [0.25, 0.3) is 0 Å². The van der Waals surface area contributed by atoms with Gasteiger partial charge in [-0.2, -0.15) is 0 Å². The van der Waals surface area contributed by atoms with Gasteiger partial charge in [-0.05, 0) is 62.1 Å². The number of hydrogen-bond donors (Lipinski definition) is 3. The van der Waals surface area contributed by atoms with Crippen LogP contribution in [0.1, 0.15) is 33.9 Å². The molecule has 2 unspecified atom stereocenters. The van der Waals surface area contributed by atoms with Crippen molar-refractivity contribution in [3.05, 3.63) is 58.1 Å². The van der Waals surface area contributed by atoms with Gasteiger partial charge in [-0.15, -0.1) is 0 Å². The van der Waals surface area contributed by atoms with Gasteiger partial charge in [0.15, 0.2) is 6.10 Å². The summed E-state index contributed by atoms with van der Waals surface area (Å²) < 4.78 is 5.90. The first-order chi connectivity index (χ1) is 10.8. The van der Waals surface area contributed by atoms with Crippen LogP contribution in [0.5, 0.6) is 11.5 Å². The summed E-state index contributed by atoms with van der Waals surface area (Å²) >= 11 is 0. The van der Waals surface area contributed by atoms with E-state index in [9.17, 15) is 15.3 Å². The highest BCUT2D eigenvalue weighted by atomic mass is 16.5. The molecule has 124 valence electrons. The van der Waals surface area contributed by atoms with Crippen molar-refractivity contribution in [2.75, 3.05) is 6.61 Å². The monoisotopic (exact) mass is 316 g/mol. The summed E-state index contributed by atoms with van der Waals surface area (Å²) in [5.74, 6) is 0.858. The van der Waals surface area contributed by atoms with Crippen LogP contribution >= 0.6 is 0 Å². The molecule has 0 saturated heterocycles. The van der Waals surface area contributed by atoms with Crippen molar-refractivity contribution in [2.45, 2.75) is 39.9 Å². The normalized spacial score (nSPS) is 13.7. The molecule has 0 aliphatic carbocycles. The first-order valence-electron chi connectivity index (χ1n) is 7.66. The SMILES string of the molecule is Cc1cc(C)c(OC(CO)C(O)c2ccc(O)c(C)c2)c(C)c1. The Morgan fingerprint density at radius 3 is 2.09 bits per heavy atom. The lowest BCUT2D eigenvalue weighted by Gasteiger charge is -2.25. The van der Waals surface area contributed by atoms with Crippen LogP contribution in [0.3, 0.4) is 0 Å². The van der Waals surface area contributed by atoms with Crippen LogP contribution < -0.4 is 4.74 Å². The standard InChI is InChI=1S/C19H24O4/c1-11-7-13(3)19(14(4)8-11)23-17(10-20)18(22)15-5-6-16(21)12(2)9-15/h5-9,17-18,20-22H,10H2,1-4H3. The van der Waals surface area contributed by atoms with Crippen LogP contribution in [-0.2, 0) is 0 Å². The molecule has 0 aliphatic heterocycles. The number of benzene rings is 2. The van der Waals surface area contributed by atoms with Crippen LogP contribution in [-0.4, -0.2) is 28.0 Å². The minimum Gasteiger partial charge on any atom is -0.508 e. The van der Waals surface area contributed by atoms with Crippen molar-refractivity contribution in [1.82, 2.24) is 0 Å². The molecule has 0 amide bonds. The van der Waals surface area contributed by atoms with Gasteiger partial charge in [-0.3, -0.25) is 0 Å². The number of aliphatic hydroxyl groups excluding tert-OH is 2. The summed E-state index contributed by atoms with van der Waals surface area (Å²) in [5, 5.41) is 29.8. The van der Waals surface area contributed by atoms with Crippen LogP contribution in [0.4, 0.5) is 0 Å². The van der Waals surface area contributed by atoms with Crippen LogP contribution in [0, 0.1) is 27.7 Å². The number of phenolic OH excluding ortho intramolecular Hbond substituents is 1. The minimum atomic E-state index is -0.987. The molecule has 0 radical (unpaired) electrons. The van der Waals surface area contributed by atoms with Crippen molar-refractivity contribution in [3.8, 4) is 11.5 Å². The van der Waals surface area contributed by atoms with Gasteiger partial charge in [0.2, 0.25) is 0 Å². The molecule has 0 aromatic heterocycles. The smallest absolute Gasteiger partial charge is 0.152 e. The fraction of sp³-hybridized carbons (Fsp3) is 0.368. The molecule has 2 aromatic rings. The predicted molar refractivity (Wildman–Crippen MR) is 90.0 cm³/mol. The number of hydrogen-bond acceptors (Lipinski definition) is 4. The molecule has 23 heavy (non-hydrogen) atoms. The quantitative estimate of drug-likeness (QED) is 0.793. The average Bonchev–Trinajstić information content (AvgIpc) is 2.49. The van der Waals surface area contributed by atoms with Crippen LogP contribution in [0.2, 0.25) is 0 Å². The molecule has 0 fully saturated rings. The zero-order valence-corrected chi connectivity index (χ0v) is 14.0. The highest BCUT2D eigenvalue weighted by molar-refractivity contribution is 5.43. The van der Waals surface area contributed by atoms with Gasteiger partial charge in [0.05, 0.1) is 6.61 Å². The summed E-state index contributed by atoms with van der Waals surface area (Å²) in [7, 11) is 0. The van der Waals surface area contributed by atoms with Gasteiger partial charge < -0.3 is 20.1 Å². The maximum atomic E-state index is 10.5. The molecule has 2 atom stereocenters. The first-order valence-corrected chi connectivity index (χ1v) is 7.66. The van der Waals surface area contributed by atoms with E-state index in [4.69, 9.17) is 4.74 Å². The first kappa shape index (κ1) is 17.3. The highest BCUT2D eigenvalue weighted by Gasteiger charge is 2.24. The molecule has 4 heteroatoms. The Kier molecular flexibility index (Phi) is 5.29. The molecule has 2 rings (SSSR count). The second-order valence-corrected chi connectivity index (χ2v) is 6.06. The van der Waals surface area contributed by atoms with E-state index < -0.39 is 12.2 Å². The fourth-order valence-electron chi connectivity index (χ4n) is 2.78. The largest absolute Gasteiger partial charge is 0.508 e. The Labute approximate surface area is 137 Å². The van der Waals surface area contributed by atoms with E-state index in [1.807, 2.05) is 32.9 Å². The Hall–Kier alpha value is -2.04. The molecule has 0 heterocycles. The summed E-state index contributed by atoms with van der Waals surface area (Å²) in [6.07, 6.45) is -1.77. The Morgan fingerprint density at radius 2 is 1.57 bits per heavy atom. The van der Waals surface area contributed by atoms with Crippen molar-refractivity contribution in [1.29, 1.82) is 0 Å². The molecule has 3 N–H and O–H groups in total. The number of ether oxygens (including phenoxy) is 1. The molecule has 0 bridgehead atoms. The average molecular weight is 316 g/mol. The van der Waals surface area contributed by atoms with Crippen molar-refractivity contribution >= 4 is 0 Å². The van der Waals surface area contributed by atoms with Crippen LogP contribution in [0.15, 0.2) is 30.3 Å². The Bertz CT molecular complexity index is 671. The van der Waals surface area contributed by atoms with Gasteiger partial charge in [-0.1, -0.05) is 23.8 Å². The second-order valence-electron chi connectivity index (χ2n) is 6.06. The van der Waals surface area contributed by atoms with E-state index in [0.29, 0.717) is 16.9 Å². The van der Waals surface area contributed by atoms with E-state index in [1.165, 1.54) is 6.07 Å². The third-order valence-electron chi connectivity index (χ3n) is 3.97. The number of aliphatic hydroxyl groups is 2. The molecule has 2 aromatic carbocycles. The summed E-state index contributed by atoms with van der Waals surface area (Å²) in [4.78, 5) is 0. The van der Waals surface area contributed by atoms with E-state index in [1.54, 1.807) is 19.1 Å². The second kappa shape index (κ2) is 7.02. The van der Waals surface area contributed by atoms with E-state index in [0.717, 1.165) is 16.7 Å². The van der Waals surface area contributed by atoms with Gasteiger partial charge >= 0.3 is 0 Å². The van der Waals surface area contributed by atoms with Gasteiger partial charge in [0, 0.05) is 0 Å². The molecular weight excluding hydrogens is 292 g/mol. The summed E-state index contributed by atoms with van der Waals surface area (Å²) in [6, 6.07) is 8.88. The third-order valence-corrected chi connectivity index (χ3v) is 3.97. The Morgan fingerprint density at radius 1 is 0.957 bits per heavy atom. The molecule has 0 aliphatic rings. The molecule has 0 spiro atoms. The number of phenols is 1.